The molecule has 0 aromatic rings. The third-order valence-corrected chi connectivity index (χ3v) is 5.99. The summed E-state index contributed by atoms with van der Waals surface area (Å²) in [6.07, 6.45) is 4.70. The zero-order valence-corrected chi connectivity index (χ0v) is 12.7. The van der Waals surface area contributed by atoms with Crippen LogP contribution in [0.15, 0.2) is 0 Å². The molecule has 0 radical (unpaired) electrons. The molecule has 0 aromatic heterocycles. The zero-order valence-electron chi connectivity index (χ0n) is 11.9. The molecule has 2 nitrogen and oxygen atoms in total. The molecule has 0 bridgehead atoms. The lowest BCUT2D eigenvalue weighted by Gasteiger charge is -2.37. The van der Waals surface area contributed by atoms with Gasteiger partial charge in [0.25, 0.3) is 0 Å². The largest absolute Gasteiger partial charge is 0.313 e. The van der Waals surface area contributed by atoms with Crippen LogP contribution in [0.2, 0.25) is 0 Å². The van der Waals surface area contributed by atoms with Crippen LogP contribution in [0.3, 0.4) is 0 Å². The van der Waals surface area contributed by atoms with E-state index in [2.05, 4.69) is 33.0 Å². The Kier molecular flexibility index (Phi) is 6.71. The van der Waals surface area contributed by atoms with E-state index in [-0.39, 0.29) is 0 Å². The van der Waals surface area contributed by atoms with Gasteiger partial charge in [0.1, 0.15) is 0 Å². The second-order valence-electron chi connectivity index (χ2n) is 5.60. The number of nitrogens with one attached hydrogen (secondary N) is 1. The van der Waals surface area contributed by atoms with Crippen LogP contribution in [0.4, 0.5) is 0 Å². The van der Waals surface area contributed by atoms with Crippen molar-refractivity contribution >= 4 is 10.8 Å². The fraction of sp³-hybridized carbons (Fsp3) is 1.00. The molecule has 1 aliphatic carbocycles. The van der Waals surface area contributed by atoms with Crippen LogP contribution < -0.4 is 5.32 Å². The molecule has 1 rings (SSSR count). The van der Waals surface area contributed by atoms with Gasteiger partial charge in [-0.15, -0.1) is 0 Å². The van der Waals surface area contributed by atoms with Gasteiger partial charge in [0, 0.05) is 22.6 Å². The second kappa shape index (κ2) is 7.52. The number of hydrogen-bond donors (Lipinski definition) is 1. The summed E-state index contributed by atoms with van der Waals surface area (Å²) in [7, 11) is -0.638. The molecule has 0 saturated heterocycles. The summed E-state index contributed by atoms with van der Waals surface area (Å²) >= 11 is 0. The second-order valence-corrected chi connectivity index (χ2v) is 7.38. The van der Waals surface area contributed by atoms with Crippen LogP contribution in [0.25, 0.3) is 0 Å². The van der Waals surface area contributed by atoms with Gasteiger partial charge < -0.3 is 5.32 Å². The molecule has 1 saturated carbocycles. The Morgan fingerprint density at radius 1 is 1.29 bits per heavy atom. The van der Waals surface area contributed by atoms with Gasteiger partial charge in [-0.3, -0.25) is 4.21 Å². The highest BCUT2D eigenvalue weighted by Gasteiger charge is 2.34. The first-order valence-corrected chi connectivity index (χ1v) is 8.58. The quantitative estimate of drug-likeness (QED) is 0.794. The third-order valence-electron chi connectivity index (χ3n) is 3.98. The van der Waals surface area contributed by atoms with Crippen molar-refractivity contribution in [3.05, 3.63) is 0 Å². The van der Waals surface area contributed by atoms with Crippen molar-refractivity contribution < 1.29 is 4.21 Å². The lowest BCUT2D eigenvalue weighted by atomic mass is 9.79. The average molecular weight is 259 g/mol. The molecule has 0 heterocycles. The van der Waals surface area contributed by atoms with E-state index in [1.54, 1.807) is 0 Å². The molecule has 102 valence electrons. The maximum Gasteiger partial charge on any atom is 0.0503 e. The predicted molar refractivity (Wildman–Crippen MR) is 76.7 cm³/mol. The molecule has 0 aliphatic heterocycles. The molecule has 1 aliphatic rings. The molecule has 0 aromatic carbocycles. The minimum absolute atomic E-state index is 0.385. The van der Waals surface area contributed by atoms with Crippen LogP contribution in [0, 0.1) is 11.8 Å². The van der Waals surface area contributed by atoms with Gasteiger partial charge >= 0.3 is 0 Å². The highest BCUT2D eigenvalue weighted by molar-refractivity contribution is 7.85. The van der Waals surface area contributed by atoms with Crippen molar-refractivity contribution in [1.82, 2.24) is 5.32 Å². The van der Waals surface area contributed by atoms with Crippen LogP contribution in [0.5, 0.6) is 0 Å². The summed E-state index contributed by atoms with van der Waals surface area (Å²) in [6, 6.07) is 0.488. The fourth-order valence-electron chi connectivity index (χ4n) is 2.90. The van der Waals surface area contributed by atoms with Crippen molar-refractivity contribution in [3.8, 4) is 0 Å². The first-order valence-electron chi connectivity index (χ1n) is 7.20. The maximum atomic E-state index is 12.3. The van der Waals surface area contributed by atoms with Crippen LogP contribution >= 0.6 is 0 Å². The summed E-state index contributed by atoms with van der Waals surface area (Å²) in [6.45, 7) is 9.88. The molecule has 17 heavy (non-hydrogen) atoms. The lowest BCUT2D eigenvalue weighted by Crippen LogP contribution is -2.47. The Hall–Kier alpha value is 0.110. The Morgan fingerprint density at radius 2 is 2.00 bits per heavy atom. The minimum atomic E-state index is -0.638. The van der Waals surface area contributed by atoms with E-state index in [0.29, 0.717) is 11.3 Å². The van der Waals surface area contributed by atoms with Crippen LogP contribution in [0.1, 0.15) is 53.4 Å². The molecule has 1 fully saturated rings. The standard InChI is InChI=1S/C14H29NOS/c1-5-9-17(16)14-10-12(11(3)4)7-8-13(14)15-6-2/h11-15H,5-10H2,1-4H3. The molecule has 0 spiro atoms. The molecule has 4 atom stereocenters. The Morgan fingerprint density at radius 3 is 2.53 bits per heavy atom. The molecule has 4 unspecified atom stereocenters. The van der Waals surface area contributed by atoms with E-state index < -0.39 is 10.8 Å². The van der Waals surface area contributed by atoms with E-state index in [9.17, 15) is 4.21 Å². The van der Waals surface area contributed by atoms with Crippen LogP contribution in [-0.4, -0.2) is 27.8 Å². The van der Waals surface area contributed by atoms with Gasteiger partial charge in [-0.25, -0.2) is 0 Å². The highest BCUT2D eigenvalue weighted by Crippen LogP contribution is 2.32. The zero-order chi connectivity index (χ0) is 12.8. The lowest BCUT2D eigenvalue weighted by molar-refractivity contribution is 0.245. The summed E-state index contributed by atoms with van der Waals surface area (Å²) in [5.41, 5.74) is 0. The van der Waals surface area contributed by atoms with Gasteiger partial charge in [-0.2, -0.15) is 0 Å². The van der Waals surface area contributed by atoms with Crippen molar-refractivity contribution in [2.45, 2.75) is 64.7 Å². The van der Waals surface area contributed by atoms with Crippen molar-refractivity contribution in [1.29, 1.82) is 0 Å². The first kappa shape index (κ1) is 15.2. The van der Waals surface area contributed by atoms with E-state index in [4.69, 9.17) is 0 Å². The van der Waals surface area contributed by atoms with E-state index in [1.807, 2.05) is 0 Å². The SMILES string of the molecule is CCCS(=O)C1CC(C(C)C)CCC1NCC. The van der Waals surface area contributed by atoms with Crippen molar-refractivity contribution in [2.24, 2.45) is 11.8 Å². The van der Waals surface area contributed by atoms with E-state index in [1.165, 1.54) is 12.8 Å². The summed E-state index contributed by atoms with van der Waals surface area (Å²) in [4.78, 5) is 0. The van der Waals surface area contributed by atoms with Gasteiger partial charge in [0.2, 0.25) is 0 Å². The van der Waals surface area contributed by atoms with Crippen molar-refractivity contribution in [2.75, 3.05) is 12.3 Å². The molecule has 0 amide bonds. The van der Waals surface area contributed by atoms with Crippen LogP contribution in [-0.2, 0) is 10.8 Å². The number of hydrogen-bond acceptors (Lipinski definition) is 2. The highest BCUT2D eigenvalue weighted by atomic mass is 32.2. The smallest absolute Gasteiger partial charge is 0.0503 e. The molecule has 1 N–H and O–H groups in total. The average Bonchev–Trinajstić information content (AvgIpc) is 2.30. The monoisotopic (exact) mass is 259 g/mol. The summed E-state index contributed by atoms with van der Waals surface area (Å²) in [5.74, 6) is 2.38. The Balaban J connectivity index is 2.65. The summed E-state index contributed by atoms with van der Waals surface area (Å²) < 4.78 is 12.3. The van der Waals surface area contributed by atoms with Gasteiger partial charge in [0.15, 0.2) is 0 Å². The predicted octanol–water partition coefficient (Wildman–Crippen LogP) is 2.95. The van der Waals surface area contributed by atoms with Crippen molar-refractivity contribution in [3.63, 3.8) is 0 Å². The van der Waals surface area contributed by atoms with Gasteiger partial charge in [0.05, 0.1) is 5.25 Å². The normalized spacial score (nSPS) is 31.7. The topological polar surface area (TPSA) is 29.1 Å². The third kappa shape index (κ3) is 4.36. The molecular weight excluding hydrogens is 230 g/mol. The number of rotatable bonds is 6. The van der Waals surface area contributed by atoms with E-state index >= 15 is 0 Å². The molecular formula is C14H29NOS. The summed E-state index contributed by atoms with van der Waals surface area (Å²) in [5, 5.41) is 3.93. The first-order chi connectivity index (χ1) is 8.10. The Labute approximate surface area is 109 Å². The molecule has 3 heteroatoms. The maximum absolute atomic E-state index is 12.3. The van der Waals surface area contributed by atoms with E-state index in [0.717, 1.165) is 37.0 Å². The Bertz CT molecular complexity index is 242. The van der Waals surface area contributed by atoms with Gasteiger partial charge in [-0.05, 0) is 44.1 Å². The minimum Gasteiger partial charge on any atom is -0.313 e. The van der Waals surface area contributed by atoms with Gasteiger partial charge in [-0.1, -0.05) is 27.7 Å². The fourth-order valence-corrected chi connectivity index (χ4v) is 4.67.